The first-order chi connectivity index (χ1) is 14.3. The number of aromatic amines is 1. The third kappa shape index (κ3) is 3.81. The standard InChI is InChI=1S/C22H20ClN5O/c23-16-6-15(8-25-9-16)14-3-4-20-18(7-14)19(11-27-20)21-12-26-13-22(28-21)29-17-2-1-5-24-10-17/h3-4,6-9,11-13,17,24,27H,1-2,5,10H2. The normalized spacial score (nSPS) is 16.8. The van der Waals surface area contributed by atoms with Crippen molar-refractivity contribution in [1.82, 2.24) is 25.3 Å². The molecule has 1 aliphatic heterocycles. The Balaban J connectivity index is 1.50. The highest BCUT2D eigenvalue weighted by Crippen LogP contribution is 2.32. The summed E-state index contributed by atoms with van der Waals surface area (Å²) in [5.74, 6) is 0.556. The molecule has 0 spiro atoms. The number of piperidine rings is 1. The summed E-state index contributed by atoms with van der Waals surface area (Å²) in [5, 5.41) is 5.03. The van der Waals surface area contributed by atoms with E-state index < -0.39 is 0 Å². The van der Waals surface area contributed by atoms with Crippen molar-refractivity contribution in [1.29, 1.82) is 0 Å². The van der Waals surface area contributed by atoms with Crippen LogP contribution in [0.5, 0.6) is 5.88 Å². The van der Waals surface area contributed by atoms with Crippen LogP contribution in [-0.4, -0.2) is 39.1 Å². The van der Waals surface area contributed by atoms with Crippen LogP contribution in [0.4, 0.5) is 0 Å². The summed E-state index contributed by atoms with van der Waals surface area (Å²) in [6.07, 6.45) is 11.1. The van der Waals surface area contributed by atoms with Crippen LogP contribution >= 0.6 is 11.6 Å². The van der Waals surface area contributed by atoms with Gasteiger partial charge >= 0.3 is 0 Å². The maximum absolute atomic E-state index is 6.11. The SMILES string of the molecule is Clc1cncc(-c2ccc3[nH]cc(-c4cncc(OC5CCCNC5)n4)c3c2)c1. The largest absolute Gasteiger partial charge is 0.472 e. The fourth-order valence-corrected chi connectivity index (χ4v) is 3.88. The molecule has 4 heterocycles. The number of benzene rings is 1. The second-order valence-electron chi connectivity index (χ2n) is 7.18. The predicted octanol–water partition coefficient (Wildman–Crippen LogP) is 4.47. The van der Waals surface area contributed by atoms with E-state index in [0.717, 1.165) is 59.2 Å². The van der Waals surface area contributed by atoms with Gasteiger partial charge < -0.3 is 15.0 Å². The molecule has 3 aromatic heterocycles. The maximum Gasteiger partial charge on any atom is 0.233 e. The number of hydrogen-bond donors (Lipinski definition) is 2. The molecule has 0 radical (unpaired) electrons. The first-order valence-corrected chi connectivity index (χ1v) is 10.1. The van der Waals surface area contributed by atoms with E-state index in [1.54, 1.807) is 18.6 Å². The Labute approximate surface area is 173 Å². The number of aromatic nitrogens is 4. The zero-order valence-corrected chi connectivity index (χ0v) is 16.5. The number of halogens is 1. The zero-order valence-electron chi connectivity index (χ0n) is 15.7. The van der Waals surface area contributed by atoms with Crippen molar-refractivity contribution in [2.24, 2.45) is 0 Å². The molecule has 0 aliphatic carbocycles. The summed E-state index contributed by atoms with van der Waals surface area (Å²) in [4.78, 5) is 16.6. The molecule has 7 heteroatoms. The monoisotopic (exact) mass is 405 g/mol. The molecular weight excluding hydrogens is 386 g/mol. The van der Waals surface area contributed by atoms with Crippen LogP contribution in [0.1, 0.15) is 12.8 Å². The van der Waals surface area contributed by atoms with Gasteiger partial charge in [0.1, 0.15) is 6.10 Å². The van der Waals surface area contributed by atoms with Crippen molar-refractivity contribution >= 4 is 22.5 Å². The summed E-state index contributed by atoms with van der Waals surface area (Å²) in [5.41, 5.74) is 4.81. The van der Waals surface area contributed by atoms with Gasteiger partial charge in [-0.3, -0.25) is 9.97 Å². The highest BCUT2D eigenvalue weighted by Gasteiger charge is 2.16. The number of fused-ring (bicyclic) bond motifs is 1. The Bertz CT molecular complexity index is 1150. The molecule has 5 rings (SSSR count). The summed E-state index contributed by atoms with van der Waals surface area (Å²) in [6.45, 7) is 1.89. The van der Waals surface area contributed by atoms with Gasteiger partial charge in [-0.25, -0.2) is 4.98 Å². The van der Waals surface area contributed by atoms with Gasteiger partial charge in [0.2, 0.25) is 5.88 Å². The molecule has 6 nitrogen and oxygen atoms in total. The molecule has 1 unspecified atom stereocenters. The molecule has 1 fully saturated rings. The quantitative estimate of drug-likeness (QED) is 0.524. The minimum Gasteiger partial charge on any atom is -0.472 e. The predicted molar refractivity (Wildman–Crippen MR) is 114 cm³/mol. The fraction of sp³-hybridized carbons (Fsp3) is 0.227. The summed E-state index contributed by atoms with van der Waals surface area (Å²) < 4.78 is 6.04. The molecule has 1 atom stereocenters. The Morgan fingerprint density at radius 1 is 1.03 bits per heavy atom. The van der Waals surface area contributed by atoms with Gasteiger partial charge in [0, 0.05) is 47.2 Å². The van der Waals surface area contributed by atoms with Crippen LogP contribution in [0.3, 0.4) is 0 Å². The van der Waals surface area contributed by atoms with Gasteiger partial charge in [-0.15, -0.1) is 0 Å². The minimum absolute atomic E-state index is 0.137. The van der Waals surface area contributed by atoms with E-state index in [2.05, 4.69) is 38.5 Å². The lowest BCUT2D eigenvalue weighted by molar-refractivity contribution is 0.160. The average molecular weight is 406 g/mol. The van der Waals surface area contributed by atoms with E-state index in [1.807, 2.05) is 18.5 Å². The summed E-state index contributed by atoms with van der Waals surface area (Å²) in [6, 6.07) is 8.14. The highest BCUT2D eigenvalue weighted by molar-refractivity contribution is 6.30. The van der Waals surface area contributed by atoms with Crippen molar-refractivity contribution in [2.75, 3.05) is 13.1 Å². The number of pyridine rings is 1. The first kappa shape index (κ1) is 18.1. The molecule has 4 aromatic rings. The van der Waals surface area contributed by atoms with Gasteiger partial charge in [0.25, 0.3) is 0 Å². The smallest absolute Gasteiger partial charge is 0.233 e. The van der Waals surface area contributed by atoms with Crippen molar-refractivity contribution in [3.63, 3.8) is 0 Å². The number of nitrogens with one attached hydrogen (secondary N) is 2. The number of nitrogens with zero attached hydrogens (tertiary/aromatic N) is 3. The second kappa shape index (κ2) is 7.81. The van der Waals surface area contributed by atoms with Crippen LogP contribution in [-0.2, 0) is 0 Å². The Kier molecular flexibility index (Phi) is 4.87. The number of H-pyrrole nitrogens is 1. The number of hydrogen-bond acceptors (Lipinski definition) is 5. The van der Waals surface area contributed by atoms with Crippen LogP contribution in [0.2, 0.25) is 5.02 Å². The lowest BCUT2D eigenvalue weighted by Crippen LogP contribution is -2.37. The van der Waals surface area contributed by atoms with E-state index in [9.17, 15) is 0 Å². The number of rotatable bonds is 4. The van der Waals surface area contributed by atoms with Crippen LogP contribution in [0.25, 0.3) is 33.3 Å². The molecule has 0 bridgehead atoms. The van der Waals surface area contributed by atoms with E-state index in [4.69, 9.17) is 21.3 Å². The molecule has 0 saturated carbocycles. The Morgan fingerprint density at radius 3 is 2.83 bits per heavy atom. The highest BCUT2D eigenvalue weighted by atomic mass is 35.5. The lowest BCUT2D eigenvalue weighted by Gasteiger charge is -2.23. The molecule has 0 amide bonds. The van der Waals surface area contributed by atoms with Gasteiger partial charge in [0.05, 0.1) is 23.1 Å². The summed E-state index contributed by atoms with van der Waals surface area (Å²) in [7, 11) is 0. The topological polar surface area (TPSA) is 75.7 Å². The van der Waals surface area contributed by atoms with E-state index in [-0.39, 0.29) is 6.10 Å². The maximum atomic E-state index is 6.11. The van der Waals surface area contributed by atoms with Crippen molar-refractivity contribution < 1.29 is 4.74 Å². The molecular formula is C22H20ClN5O. The van der Waals surface area contributed by atoms with Crippen molar-refractivity contribution in [3.8, 4) is 28.3 Å². The van der Waals surface area contributed by atoms with Gasteiger partial charge in [0.15, 0.2) is 0 Å². The van der Waals surface area contributed by atoms with Crippen molar-refractivity contribution in [3.05, 3.63) is 60.3 Å². The molecule has 29 heavy (non-hydrogen) atoms. The third-order valence-corrected chi connectivity index (χ3v) is 5.35. The van der Waals surface area contributed by atoms with E-state index >= 15 is 0 Å². The lowest BCUT2D eigenvalue weighted by atomic mass is 10.0. The summed E-state index contributed by atoms with van der Waals surface area (Å²) >= 11 is 6.11. The zero-order chi connectivity index (χ0) is 19.6. The van der Waals surface area contributed by atoms with Gasteiger partial charge in [-0.05, 0) is 43.1 Å². The first-order valence-electron chi connectivity index (χ1n) is 9.68. The minimum atomic E-state index is 0.137. The molecule has 1 aromatic carbocycles. The van der Waals surface area contributed by atoms with Crippen LogP contribution < -0.4 is 10.1 Å². The molecule has 146 valence electrons. The van der Waals surface area contributed by atoms with E-state index in [0.29, 0.717) is 10.9 Å². The fourth-order valence-electron chi connectivity index (χ4n) is 3.71. The number of ether oxygens (including phenoxy) is 1. The molecule has 2 N–H and O–H groups in total. The Morgan fingerprint density at radius 2 is 1.97 bits per heavy atom. The van der Waals surface area contributed by atoms with Crippen LogP contribution in [0.15, 0.2) is 55.2 Å². The van der Waals surface area contributed by atoms with Crippen LogP contribution in [0, 0.1) is 0 Å². The second-order valence-corrected chi connectivity index (χ2v) is 7.62. The molecule has 1 aliphatic rings. The van der Waals surface area contributed by atoms with Gasteiger partial charge in [-0.1, -0.05) is 17.7 Å². The third-order valence-electron chi connectivity index (χ3n) is 5.15. The molecule has 1 saturated heterocycles. The van der Waals surface area contributed by atoms with Crippen molar-refractivity contribution in [2.45, 2.75) is 18.9 Å². The van der Waals surface area contributed by atoms with Gasteiger partial charge in [-0.2, -0.15) is 0 Å². The average Bonchev–Trinajstić information content (AvgIpc) is 3.18. The van der Waals surface area contributed by atoms with E-state index in [1.165, 1.54) is 0 Å². The Hall–Kier alpha value is -2.96.